The summed E-state index contributed by atoms with van der Waals surface area (Å²) in [7, 11) is 0. The minimum atomic E-state index is -0.505. The van der Waals surface area contributed by atoms with Gasteiger partial charge in [-0.2, -0.15) is 11.8 Å². The van der Waals surface area contributed by atoms with Crippen LogP contribution in [-0.4, -0.2) is 36.3 Å². The molecule has 0 aromatic carbocycles. The fourth-order valence-corrected chi connectivity index (χ4v) is 1.23. The highest BCUT2D eigenvalue weighted by Gasteiger charge is 2.11. The molecule has 0 spiro atoms. The van der Waals surface area contributed by atoms with Crippen LogP contribution in [0.5, 0.6) is 0 Å². The van der Waals surface area contributed by atoms with E-state index in [0.717, 1.165) is 5.75 Å². The molecule has 0 aromatic heterocycles. The third kappa shape index (κ3) is 5.15. The van der Waals surface area contributed by atoms with Crippen molar-refractivity contribution < 1.29 is 9.59 Å². The number of aldehydes is 1. The van der Waals surface area contributed by atoms with Gasteiger partial charge in [0.1, 0.15) is 6.29 Å². The molecule has 0 rings (SSSR count). The molecule has 70 valence electrons. The minimum absolute atomic E-state index is 0.0450. The summed E-state index contributed by atoms with van der Waals surface area (Å²) >= 11 is 1.60. The largest absolute Gasteiger partial charge is 0.348 e. The topological polar surface area (TPSA) is 72.2 Å². The number of amides is 1. The van der Waals surface area contributed by atoms with E-state index in [1.54, 1.807) is 11.8 Å². The maximum Gasteiger partial charge on any atom is 0.238 e. The highest BCUT2D eigenvalue weighted by atomic mass is 32.2. The summed E-state index contributed by atoms with van der Waals surface area (Å²) < 4.78 is 0. The summed E-state index contributed by atoms with van der Waals surface area (Å²) in [5, 5.41) is 2.40. The van der Waals surface area contributed by atoms with Crippen LogP contribution in [0.1, 0.15) is 6.92 Å². The van der Waals surface area contributed by atoms with Crippen LogP contribution in [0.4, 0.5) is 0 Å². The molecular weight excluding hydrogens is 176 g/mol. The van der Waals surface area contributed by atoms with Gasteiger partial charge in [-0.05, 0) is 5.75 Å². The molecule has 0 radical (unpaired) electrons. The Balaban J connectivity index is 3.53. The first-order valence-corrected chi connectivity index (χ1v) is 4.92. The predicted molar refractivity (Wildman–Crippen MR) is 50.0 cm³/mol. The summed E-state index contributed by atoms with van der Waals surface area (Å²) in [6.45, 7) is 2.05. The van der Waals surface area contributed by atoms with Gasteiger partial charge < -0.3 is 15.8 Å². The molecule has 1 amide bonds. The van der Waals surface area contributed by atoms with Crippen molar-refractivity contribution in [3.05, 3.63) is 0 Å². The van der Waals surface area contributed by atoms with E-state index in [1.807, 2.05) is 6.92 Å². The second kappa shape index (κ2) is 7.12. The van der Waals surface area contributed by atoms with Crippen LogP contribution < -0.4 is 11.1 Å². The van der Waals surface area contributed by atoms with Gasteiger partial charge in [-0.3, -0.25) is 4.79 Å². The molecular formula is C7H14N2O2S. The van der Waals surface area contributed by atoms with Crippen molar-refractivity contribution in [2.45, 2.75) is 13.0 Å². The smallest absolute Gasteiger partial charge is 0.238 e. The molecule has 3 N–H and O–H groups in total. The van der Waals surface area contributed by atoms with E-state index in [9.17, 15) is 9.59 Å². The number of nitrogens with two attached hydrogens (primary N) is 1. The van der Waals surface area contributed by atoms with Crippen molar-refractivity contribution in [1.82, 2.24) is 5.32 Å². The lowest BCUT2D eigenvalue weighted by molar-refractivity contribution is -0.123. The number of rotatable bonds is 6. The second-order valence-corrected chi connectivity index (χ2v) is 3.50. The van der Waals surface area contributed by atoms with Gasteiger partial charge >= 0.3 is 0 Å². The molecule has 12 heavy (non-hydrogen) atoms. The molecule has 0 heterocycles. The van der Waals surface area contributed by atoms with Gasteiger partial charge in [-0.25, -0.2) is 0 Å². The summed E-state index contributed by atoms with van der Waals surface area (Å²) in [5.41, 5.74) is 5.50. The maximum atomic E-state index is 11.0. The van der Waals surface area contributed by atoms with Gasteiger partial charge in [0, 0.05) is 5.75 Å². The van der Waals surface area contributed by atoms with Crippen molar-refractivity contribution >= 4 is 24.0 Å². The monoisotopic (exact) mass is 190 g/mol. The Kier molecular flexibility index (Phi) is 6.79. The number of carbonyl (C=O) groups is 2. The standard InChI is InChI=1S/C7H14N2O2S/c1-2-12-5-6(8)7(11)9-3-4-10/h4,6H,2-3,5,8H2,1H3,(H,9,11). The molecule has 0 aliphatic carbocycles. The van der Waals surface area contributed by atoms with Gasteiger partial charge in [0.05, 0.1) is 12.6 Å². The molecule has 5 heteroatoms. The number of hydrogen-bond donors (Lipinski definition) is 2. The molecule has 0 saturated heterocycles. The van der Waals surface area contributed by atoms with Gasteiger partial charge in [0.15, 0.2) is 0 Å². The zero-order valence-electron chi connectivity index (χ0n) is 7.08. The average Bonchev–Trinajstić information content (AvgIpc) is 2.10. The molecule has 0 saturated carbocycles. The Bertz CT molecular complexity index is 152. The van der Waals surface area contributed by atoms with E-state index in [-0.39, 0.29) is 12.5 Å². The normalized spacial score (nSPS) is 12.2. The van der Waals surface area contributed by atoms with E-state index in [1.165, 1.54) is 0 Å². The van der Waals surface area contributed by atoms with Gasteiger partial charge in [-0.15, -0.1) is 0 Å². The molecule has 1 atom stereocenters. The highest BCUT2D eigenvalue weighted by Crippen LogP contribution is 1.99. The van der Waals surface area contributed by atoms with Crippen molar-refractivity contribution in [2.24, 2.45) is 5.73 Å². The first-order chi connectivity index (χ1) is 5.72. The molecule has 4 nitrogen and oxygen atoms in total. The van der Waals surface area contributed by atoms with Crippen molar-refractivity contribution in [3.63, 3.8) is 0 Å². The second-order valence-electron chi connectivity index (χ2n) is 2.18. The van der Waals surface area contributed by atoms with Crippen LogP contribution in [0.3, 0.4) is 0 Å². The SMILES string of the molecule is CCSCC(N)C(=O)NCC=O. The molecule has 0 fully saturated rings. The lowest BCUT2D eigenvalue weighted by atomic mass is 10.3. The van der Waals surface area contributed by atoms with E-state index in [2.05, 4.69) is 5.32 Å². The van der Waals surface area contributed by atoms with Crippen LogP contribution in [0.15, 0.2) is 0 Å². The average molecular weight is 190 g/mol. The zero-order valence-corrected chi connectivity index (χ0v) is 7.89. The fraction of sp³-hybridized carbons (Fsp3) is 0.714. The van der Waals surface area contributed by atoms with Gasteiger partial charge in [0.2, 0.25) is 5.91 Å². The minimum Gasteiger partial charge on any atom is -0.348 e. The fourth-order valence-electron chi connectivity index (χ4n) is 0.594. The number of nitrogens with one attached hydrogen (secondary N) is 1. The first kappa shape index (κ1) is 11.4. The number of thioether (sulfide) groups is 1. The Labute approximate surface area is 76.3 Å². The lowest BCUT2D eigenvalue weighted by Crippen LogP contribution is -2.42. The molecule has 0 aromatic rings. The summed E-state index contributed by atoms with van der Waals surface area (Å²) in [5.74, 6) is 1.28. The lowest BCUT2D eigenvalue weighted by Gasteiger charge is -2.08. The van der Waals surface area contributed by atoms with Crippen molar-refractivity contribution in [1.29, 1.82) is 0 Å². The Morgan fingerprint density at radius 1 is 1.75 bits per heavy atom. The molecule has 0 bridgehead atoms. The van der Waals surface area contributed by atoms with E-state index < -0.39 is 6.04 Å². The third-order valence-corrected chi connectivity index (χ3v) is 2.20. The van der Waals surface area contributed by atoms with Crippen molar-refractivity contribution in [3.8, 4) is 0 Å². The molecule has 0 aliphatic heterocycles. The molecule has 0 aliphatic rings. The van der Waals surface area contributed by atoms with Crippen LogP contribution >= 0.6 is 11.8 Å². The Morgan fingerprint density at radius 2 is 2.42 bits per heavy atom. The number of carbonyl (C=O) groups excluding carboxylic acids is 2. The summed E-state index contributed by atoms with van der Waals surface area (Å²) in [6, 6.07) is -0.505. The summed E-state index contributed by atoms with van der Waals surface area (Å²) in [4.78, 5) is 20.9. The van der Waals surface area contributed by atoms with Gasteiger partial charge in [-0.1, -0.05) is 6.92 Å². The predicted octanol–water partition coefficient (Wildman–Crippen LogP) is -0.618. The highest BCUT2D eigenvalue weighted by molar-refractivity contribution is 7.99. The van der Waals surface area contributed by atoms with Gasteiger partial charge in [0.25, 0.3) is 0 Å². The first-order valence-electron chi connectivity index (χ1n) is 3.77. The third-order valence-electron chi connectivity index (χ3n) is 1.20. The maximum absolute atomic E-state index is 11.0. The summed E-state index contributed by atoms with van der Waals surface area (Å²) in [6.07, 6.45) is 0.636. The zero-order chi connectivity index (χ0) is 9.40. The van der Waals surface area contributed by atoms with Crippen LogP contribution in [-0.2, 0) is 9.59 Å². The Hall–Kier alpha value is -0.550. The van der Waals surface area contributed by atoms with Crippen LogP contribution in [0.2, 0.25) is 0 Å². The molecule has 1 unspecified atom stereocenters. The van der Waals surface area contributed by atoms with Crippen LogP contribution in [0, 0.1) is 0 Å². The van der Waals surface area contributed by atoms with E-state index in [4.69, 9.17) is 5.73 Å². The number of hydrogen-bond acceptors (Lipinski definition) is 4. The van der Waals surface area contributed by atoms with Crippen molar-refractivity contribution in [2.75, 3.05) is 18.1 Å². The quantitative estimate of drug-likeness (QED) is 0.548. The van der Waals surface area contributed by atoms with Crippen LogP contribution in [0.25, 0.3) is 0 Å². The van der Waals surface area contributed by atoms with E-state index >= 15 is 0 Å². The Morgan fingerprint density at radius 3 is 2.92 bits per heavy atom. The van der Waals surface area contributed by atoms with E-state index in [0.29, 0.717) is 12.0 Å².